The minimum Gasteiger partial charge on any atom is -0.400 e. The molecule has 0 amide bonds. The maximum Gasteiger partial charge on any atom is 0.0319 e. The van der Waals surface area contributed by atoms with E-state index in [4.69, 9.17) is 5.11 Å². The minimum absolute atomic E-state index is 1.00. The predicted octanol–water partition coefficient (Wildman–Crippen LogP) is 3.97. The molecule has 0 atom stereocenters. The third-order valence-corrected chi connectivity index (χ3v) is 2.06. The van der Waals surface area contributed by atoms with Crippen LogP contribution in [0.2, 0.25) is 0 Å². The first-order valence-corrected chi connectivity index (χ1v) is 5.84. The summed E-state index contributed by atoms with van der Waals surface area (Å²) in [4.78, 5) is 0. The molecule has 0 aliphatic heterocycles. The molecule has 15 heavy (non-hydrogen) atoms. The lowest BCUT2D eigenvalue weighted by Crippen LogP contribution is -1.87. The summed E-state index contributed by atoms with van der Waals surface area (Å²) in [6.45, 7) is 8.42. The van der Waals surface area contributed by atoms with Crippen molar-refractivity contribution in [2.45, 2.75) is 47.0 Å². The normalized spacial score (nSPS) is 8.13. The Kier molecular flexibility index (Phi) is 14.6. The van der Waals surface area contributed by atoms with E-state index in [0.29, 0.717) is 0 Å². The molecule has 0 saturated heterocycles. The molecule has 0 saturated carbocycles. The van der Waals surface area contributed by atoms with Gasteiger partial charge >= 0.3 is 0 Å². The molecule has 0 radical (unpaired) electrons. The van der Waals surface area contributed by atoms with Gasteiger partial charge in [-0.15, -0.1) is 0 Å². The van der Waals surface area contributed by atoms with Crippen molar-refractivity contribution in [3.8, 4) is 0 Å². The molecule has 1 aromatic rings. The Labute approximate surface area is 95.2 Å². The van der Waals surface area contributed by atoms with Crippen LogP contribution in [0.15, 0.2) is 24.3 Å². The number of unbranched alkanes of at least 4 members (excludes halogenated alkanes) is 1. The van der Waals surface area contributed by atoms with Gasteiger partial charge in [0.15, 0.2) is 0 Å². The lowest BCUT2D eigenvalue weighted by Gasteiger charge is -2.02. The fourth-order valence-electron chi connectivity index (χ4n) is 1.26. The summed E-state index contributed by atoms with van der Waals surface area (Å²) in [7, 11) is 1.00. The Balaban J connectivity index is 0. The molecule has 0 aliphatic rings. The predicted molar refractivity (Wildman–Crippen MR) is 69.3 cm³/mol. The van der Waals surface area contributed by atoms with Crippen LogP contribution in [0.25, 0.3) is 0 Å². The molecule has 0 spiro atoms. The highest BCUT2D eigenvalue weighted by Gasteiger charge is 1.94. The number of aliphatic hydroxyl groups is 1. The van der Waals surface area contributed by atoms with Crippen molar-refractivity contribution in [3.63, 3.8) is 0 Å². The van der Waals surface area contributed by atoms with E-state index in [1.807, 2.05) is 13.8 Å². The monoisotopic (exact) mass is 210 g/mol. The maximum atomic E-state index is 7.00. The highest BCUT2D eigenvalue weighted by molar-refractivity contribution is 5.25. The second-order valence-corrected chi connectivity index (χ2v) is 3.03. The van der Waals surface area contributed by atoms with Crippen LogP contribution in [-0.2, 0) is 6.42 Å². The van der Waals surface area contributed by atoms with Crippen LogP contribution >= 0.6 is 0 Å². The highest BCUT2D eigenvalue weighted by Crippen LogP contribution is 2.09. The molecule has 0 heterocycles. The summed E-state index contributed by atoms with van der Waals surface area (Å²) in [6, 6.07) is 8.64. The standard InChI is InChI=1S/C11H16.C2H6.CH4O/c1-3-4-8-11-9-6-5-7-10(11)2;2*1-2/h5-7,9H,3-4,8H2,1-2H3;1-2H3;2H,1H3. The summed E-state index contributed by atoms with van der Waals surface area (Å²) >= 11 is 0. The Morgan fingerprint density at radius 2 is 1.60 bits per heavy atom. The van der Waals surface area contributed by atoms with E-state index < -0.39 is 0 Å². The smallest absolute Gasteiger partial charge is 0.0319 e. The van der Waals surface area contributed by atoms with E-state index in [2.05, 4.69) is 38.1 Å². The first kappa shape index (κ1) is 16.6. The fourth-order valence-corrected chi connectivity index (χ4v) is 1.26. The number of aliphatic hydroxyl groups excluding tert-OH is 1. The molecule has 88 valence electrons. The molecule has 0 aliphatic carbocycles. The SMILES string of the molecule is CC.CCCCc1ccccc1C.CO. The molecular weight excluding hydrogens is 184 g/mol. The van der Waals surface area contributed by atoms with Crippen molar-refractivity contribution in [2.24, 2.45) is 0 Å². The number of hydrogen-bond acceptors (Lipinski definition) is 1. The molecule has 0 bridgehead atoms. The fraction of sp³-hybridized carbons (Fsp3) is 0.571. The third kappa shape index (κ3) is 8.19. The van der Waals surface area contributed by atoms with Crippen LogP contribution < -0.4 is 0 Å². The van der Waals surface area contributed by atoms with Crippen molar-refractivity contribution in [1.29, 1.82) is 0 Å². The van der Waals surface area contributed by atoms with Crippen molar-refractivity contribution in [1.82, 2.24) is 0 Å². The van der Waals surface area contributed by atoms with Crippen LogP contribution in [0.5, 0.6) is 0 Å². The third-order valence-electron chi connectivity index (χ3n) is 2.06. The highest BCUT2D eigenvalue weighted by atomic mass is 16.2. The van der Waals surface area contributed by atoms with Gasteiger partial charge in [-0.3, -0.25) is 0 Å². The zero-order valence-corrected chi connectivity index (χ0v) is 10.9. The molecule has 1 aromatic carbocycles. The van der Waals surface area contributed by atoms with Gasteiger partial charge in [-0.05, 0) is 30.9 Å². The largest absolute Gasteiger partial charge is 0.400 e. The van der Waals surface area contributed by atoms with Crippen molar-refractivity contribution >= 4 is 0 Å². The van der Waals surface area contributed by atoms with E-state index in [-0.39, 0.29) is 0 Å². The number of rotatable bonds is 3. The van der Waals surface area contributed by atoms with Gasteiger partial charge in [0.05, 0.1) is 0 Å². The average molecular weight is 210 g/mol. The van der Waals surface area contributed by atoms with Gasteiger partial charge in [-0.1, -0.05) is 51.5 Å². The second-order valence-electron chi connectivity index (χ2n) is 3.03. The number of hydrogen-bond donors (Lipinski definition) is 1. The van der Waals surface area contributed by atoms with E-state index in [1.165, 1.54) is 30.4 Å². The lowest BCUT2D eigenvalue weighted by atomic mass is 10.0. The molecular formula is C14H26O. The minimum atomic E-state index is 1.00. The average Bonchev–Trinajstić information content (AvgIpc) is 2.33. The van der Waals surface area contributed by atoms with Gasteiger partial charge in [-0.2, -0.15) is 0 Å². The lowest BCUT2D eigenvalue weighted by molar-refractivity contribution is 0.399. The van der Waals surface area contributed by atoms with Gasteiger partial charge in [0.25, 0.3) is 0 Å². The second kappa shape index (κ2) is 13.2. The first-order valence-electron chi connectivity index (χ1n) is 5.84. The summed E-state index contributed by atoms with van der Waals surface area (Å²) in [5, 5.41) is 7.00. The number of aryl methyl sites for hydroxylation is 2. The molecule has 0 aromatic heterocycles. The molecule has 1 nitrogen and oxygen atoms in total. The van der Waals surface area contributed by atoms with Crippen molar-refractivity contribution in [3.05, 3.63) is 35.4 Å². The zero-order chi connectivity index (χ0) is 12.1. The molecule has 1 N–H and O–H groups in total. The zero-order valence-electron chi connectivity index (χ0n) is 10.9. The van der Waals surface area contributed by atoms with E-state index >= 15 is 0 Å². The number of benzene rings is 1. The summed E-state index contributed by atoms with van der Waals surface area (Å²) in [5.74, 6) is 0. The van der Waals surface area contributed by atoms with Crippen LogP contribution in [0, 0.1) is 6.92 Å². The van der Waals surface area contributed by atoms with Crippen molar-refractivity contribution < 1.29 is 5.11 Å². The Hall–Kier alpha value is -0.820. The Bertz CT molecular complexity index is 218. The van der Waals surface area contributed by atoms with E-state index in [9.17, 15) is 0 Å². The summed E-state index contributed by atoms with van der Waals surface area (Å²) in [6.07, 6.45) is 3.84. The molecule has 1 heteroatoms. The summed E-state index contributed by atoms with van der Waals surface area (Å²) in [5.41, 5.74) is 2.94. The van der Waals surface area contributed by atoms with Gasteiger partial charge in [0.1, 0.15) is 0 Å². The maximum absolute atomic E-state index is 7.00. The van der Waals surface area contributed by atoms with Crippen LogP contribution in [0.1, 0.15) is 44.7 Å². The quantitative estimate of drug-likeness (QED) is 0.800. The first-order chi connectivity index (χ1) is 7.34. The van der Waals surface area contributed by atoms with Crippen LogP contribution in [0.4, 0.5) is 0 Å². The van der Waals surface area contributed by atoms with Gasteiger partial charge in [0, 0.05) is 7.11 Å². The van der Waals surface area contributed by atoms with Gasteiger partial charge < -0.3 is 5.11 Å². The Morgan fingerprint density at radius 1 is 1.07 bits per heavy atom. The Morgan fingerprint density at radius 3 is 2.07 bits per heavy atom. The van der Waals surface area contributed by atoms with Gasteiger partial charge in [-0.25, -0.2) is 0 Å². The van der Waals surface area contributed by atoms with E-state index in [1.54, 1.807) is 0 Å². The van der Waals surface area contributed by atoms with Crippen LogP contribution in [-0.4, -0.2) is 12.2 Å². The topological polar surface area (TPSA) is 20.2 Å². The van der Waals surface area contributed by atoms with Crippen molar-refractivity contribution in [2.75, 3.05) is 7.11 Å². The summed E-state index contributed by atoms with van der Waals surface area (Å²) < 4.78 is 0. The van der Waals surface area contributed by atoms with Crippen LogP contribution in [0.3, 0.4) is 0 Å². The van der Waals surface area contributed by atoms with E-state index in [0.717, 1.165) is 7.11 Å². The molecule has 0 unspecified atom stereocenters. The molecule has 1 rings (SSSR count). The van der Waals surface area contributed by atoms with Gasteiger partial charge in [0.2, 0.25) is 0 Å². The molecule has 0 fully saturated rings.